The van der Waals surface area contributed by atoms with Gasteiger partial charge < -0.3 is 4.48 Å². The maximum atomic E-state index is 8.77. The van der Waals surface area contributed by atoms with Crippen LogP contribution in [0.3, 0.4) is 0 Å². The van der Waals surface area contributed by atoms with Gasteiger partial charge in [-0.05, 0) is 33.1 Å². The zero-order valence-electron chi connectivity index (χ0n) is 8.21. The Morgan fingerprint density at radius 1 is 1.25 bits per heavy atom. The molecule has 0 N–H and O–H groups in total. The van der Waals surface area contributed by atoms with E-state index in [9.17, 15) is 0 Å². The number of nitriles is 1. The fourth-order valence-electron chi connectivity index (χ4n) is 2.14. The third-order valence-electron chi connectivity index (χ3n) is 3.19. The molecule has 0 amide bonds. The van der Waals surface area contributed by atoms with Gasteiger partial charge in [0.05, 0.1) is 19.1 Å². The topological polar surface area (TPSA) is 23.8 Å². The molecule has 2 heteroatoms. The van der Waals surface area contributed by atoms with Crippen molar-refractivity contribution in [2.24, 2.45) is 0 Å². The average molecular weight is 167 g/mol. The molecule has 0 unspecified atom stereocenters. The Labute approximate surface area is 75.4 Å². The number of quaternary nitrogens is 1. The second kappa shape index (κ2) is 3.91. The van der Waals surface area contributed by atoms with Crippen LogP contribution in [0.2, 0.25) is 0 Å². The lowest BCUT2D eigenvalue weighted by atomic mass is 10.0. The highest BCUT2D eigenvalue weighted by molar-refractivity contribution is 4.71. The summed E-state index contributed by atoms with van der Waals surface area (Å²) in [4.78, 5) is 0. The van der Waals surface area contributed by atoms with Crippen LogP contribution < -0.4 is 0 Å². The molecule has 2 nitrogen and oxygen atoms in total. The summed E-state index contributed by atoms with van der Waals surface area (Å²) in [5.74, 6) is 0. The number of piperidine rings is 1. The van der Waals surface area contributed by atoms with Gasteiger partial charge in [-0.15, -0.1) is 0 Å². The molecule has 0 aromatic carbocycles. The van der Waals surface area contributed by atoms with Crippen molar-refractivity contribution < 1.29 is 4.48 Å². The molecule has 0 bridgehead atoms. The van der Waals surface area contributed by atoms with Crippen molar-refractivity contribution in [1.82, 2.24) is 0 Å². The van der Waals surface area contributed by atoms with Crippen molar-refractivity contribution >= 4 is 0 Å². The lowest BCUT2D eigenvalue weighted by Crippen LogP contribution is -2.56. The molecule has 0 aromatic heterocycles. The summed E-state index contributed by atoms with van der Waals surface area (Å²) in [5, 5.41) is 8.77. The highest BCUT2D eigenvalue weighted by Gasteiger charge is 2.32. The summed E-state index contributed by atoms with van der Waals surface area (Å²) in [7, 11) is 0. The SMILES string of the molecule is CC(C)[N+]1(CC#N)CCCCC1. The molecule has 0 spiro atoms. The summed E-state index contributed by atoms with van der Waals surface area (Å²) in [5.41, 5.74) is 0. The number of rotatable bonds is 2. The Morgan fingerprint density at radius 3 is 2.25 bits per heavy atom. The lowest BCUT2D eigenvalue weighted by molar-refractivity contribution is -0.945. The number of hydrogen-bond donors (Lipinski definition) is 0. The number of hydrogen-bond acceptors (Lipinski definition) is 1. The van der Waals surface area contributed by atoms with Crippen LogP contribution in [0, 0.1) is 11.3 Å². The van der Waals surface area contributed by atoms with E-state index in [-0.39, 0.29) is 0 Å². The molecule has 0 saturated carbocycles. The first-order valence-corrected chi connectivity index (χ1v) is 4.94. The Balaban J connectivity index is 2.64. The van der Waals surface area contributed by atoms with Crippen LogP contribution in [0.15, 0.2) is 0 Å². The smallest absolute Gasteiger partial charge is 0.166 e. The number of likely N-dealkylation sites (tertiary alicyclic amines) is 1. The minimum absolute atomic E-state index is 0.616. The van der Waals surface area contributed by atoms with Gasteiger partial charge in [-0.3, -0.25) is 0 Å². The Morgan fingerprint density at radius 2 is 1.83 bits per heavy atom. The molecule has 1 aliphatic heterocycles. The third kappa shape index (κ3) is 1.78. The predicted octanol–water partition coefficient (Wildman–Crippen LogP) is 1.92. The summed E-state index contributed by atoms with van der Waals surface area (Å²) < 4.78 is 1.04. The van der Waals surface area contributed by atoms with E-state index in [1.807, 2.05) is 0 Å². The molecule has 0 radical (unpaired) electrons. The monoisotopic (exact) mass is 167 g/mol. The van der Waals surface area contributed by atoms with Gasteiger partial charge in [-0.25, -0.2) is 0 Å². The van der Waals surface area contributed by atoms with Crippen LogP contribution in [0.4, 0.5) is 0 Å². The van der Waals surface area contributed by atoms with Crippen LogP contribution in [0.5, 0.6) is 0 Å². The molecular formula is C10H19N2+. The molecule has 68 valence electrons. The average Bonchev–Trinajstić information content (AvgIpc) is 2.06. The fraction of sp³-hybridized carbons (Fsp3) is 0.900. The molecule has 1 fully saturated rings. The first-order valence-electron chi connectivity index (χ1n) is 4.94. The highest BCUT2D eigenvalue weighted by Crippen LogP contribution is 2.21. The predicted molar refractivity (Wildman–Crippen MR) is 49.5 cm³/mol. The third-order valence-corrected chi connectivity index (χ3v) is 3.19. The normalized spacial score (nSPS) is 22.2. The van der Waals surface area contributed by atoms with Gasteiger partial charge in [0.2, 0.25) is 0 Å². The summed E-state index contributed by atoms with van der Waals surface area (Å²) >= 11 is 0. The van der Waals surface area contributed by atoms with Crippen molar-refractivity contribution in [3.63, 3.8) is 0 Å². The molecule has 1 saturated heterocycles. The lowest BCUT2D eigenvalue weighted by Gasteiger charge is -2.43. The minimum Gasteiger partial charge on any atom is -0.310 e. The zero-order chi connectivity index (χ0) is 9.03. The van der Waals surface area contributed by atoms with Crippen LogP contribution in [0.1, 0.15) is 33.1 Å². The van der Waals surface area contributed by atoms with Crippen LogP contribution >= 0.6 is 0 Å². The first kappa shape index (κ1) is 9.54. The van der Waals surface area contributed by atoms with Gasteiger partial charge >= 0.3 is 0 Å². The second-order valence-electron chi connectivity index (χ2n) is 4.14. The van der Waals surface area contributed by atoms with Gasteiger partial charge in [0.15, 0.2) is 6.54 Å². The van der Waals surface area contributed by atoms with E-state index in [4.69, 9.17) is 5.26 Å². The van der Waals surface area contributed by atoms with E-state index >= 15 is 0 Å². The van der Waals surface area contributed by atoms with Gasteiger partial charge in [-0.2, -0.15) is 5.26 Å². The van der Waals surface area contributed by atoms with E-state index < -0.39 is 0 Å². The minimum atomic E-state index is 0.616. The van der Waals surface area contributed by atoms with E-state index in [0.29, 0.717) is 12.6 Å². The molecule has 12 heavy (non-hydrogen) atoms. The standard InChI is InChI=1S/C10H19N2/c1-10(2)12(9-6-11)7-4-3-5-8-12/h10H,3-5,7-9H2,1-2H3/q+1. The molecule has 1 rings (SSSR count). The van der Waals surface area contributed by atoms with E-state index in [1.165, 1.54) is 32.4 Å². The largest absolute Gasteiger partial charge is 0.310 e. The Kier molecular flexibility index (Phi) is 3.11. The quantitative estimate of drug-likeness (QED) is 0.455. The molecule has 0 atom stereocenters. The van der Waals surface area contributed by atoms with E-state index in [1.54, 1.807) is 0 Å². The van der Waals surface area contributed by atoms with E-state index in [2.05, 4.69) is 19.9 Å². The van der Waals surface area contributed by atoms with Crippen LogP contribution in [-0.2, 0) is 0 Å². The van der Waals surface area contributed by atoms with Crippen LogP contribution in [0.25, 0.3) is 0 Å². The fourth-order valence-corrected chi connectivity index (χ4v) is 2.14. The first-order chi connectivity index (χ1) is 5.71. The van der Waals surface area contributed by atoms with Gasteiger partial charge in [0.25, 0.3) is 0 Å². The summed E-state index contributed by atoms with van der Waals surface area (Å²) in [6.07, 6.45) is 3.97. The zero-order valence-corrected chi connectivity index (χ0v) is 8.21. The Bertz CT molecular complexity index is 173. The summed E-state index contributed by atoms with van der Waals surface area (Å²) in [6.45, 7) is 7.61. The van der Waals surface area contributed by atoms with Crippen molar-refractivity contribution in [2.75, 3.05) is 19.6 Å². The van der Waals surface area contributed by atoms with Gasteiger partial charge in [0.1, 0.15) is 6.07 Å². The van der Waals surface area contributed by atoms with Crippen molar-refractivity contribution in [2.45, 2.75) is 39.2 Å². The second-order valence-corrected chi connectivity index (χ2v) is 4.14. The molecule has 0 aliphatic carbocycles. The molecule has 1 aliphatic rings. The Hall–Kier alpha value is -0.550. The summed E-state index contributed by atoms with van der Waals surface area (Å²) in [6, 6.07) is 2.95. The highest BCUT2D eigenvalue weighted by atomic mass is 15.4. The van der Waals surface area contributed by atoms with Crippen molar-refractivity contribution in [3.05, 3.63) is 0 Å². The maximum Gasteiger partial charge on any atom is 0.166 e. The molecule has 1 heterocycles. The van der Waals surface area contributed by atoms with Gasteiger partial charge in [-0.1, -0.05) is 0 Å². The number of nitrogens with zero attached hydrogens (tertiary/aromatic N) is 2. The molecule has 0 aromatic rings. The van der Waals surface area contributed by atoms with Gasteiger partial charge in [0, 0.05) is 0 Å². The molecular weight excluding hydrogens is 148 g/mol. The maximum absolute atomic E-state index is 8.77. The van der Waals surface area contributed by atoms with Crippen molar-refractivity contribution in [3.8, 4) is 6.07 Å². The van der Waals surface area contributed by atoms with E-state index in [0.717, 1.165) is 4.48 Å². The van der Waals surface area contributed by atoms with Crippen molar-refractivity contribution in [1.29, 1.82) is 5.26 Å². The van der Waals surface area contributed by atoms with Crippen LogP contribution in [-0.4, -0.2) is 30.2 Å².